The van der Waals surface area contributed by atoms with Crippen LogP contribution in [0.4, 0.5) is 4.79 Å². The van der Waals surface area contributed by atoms with Gasteiger partial charge in [0.2, 0.25) is 20.0 Å². The molecule has 0 spiro atoms. The van der Waals surface area contributed by atoms with Gasteiger partial charge in [-0.15, -0.1) is 0 Å². The van der Waals surface area contributed by atoms with E-state index in [0.29, 0.717) is 31.9 Å². The monoisotopic (exact) mass is 974 g/mol. The third kappa shape index (κ3) is 10.6. The number of aliphatic hydroxyl groups excluding tert-OH is 1. The van der Waals surface area contributed by atoms with Gasteiger partial charge in [-0.3, -0.25) is 0 Å². The minimum Gasteiger partial charge on any atom is -0.497 e. The van der Waals surface area contributed by atoms with Crippen LogP contribution in [0.3, 0.4) is 0 Å². The molecule has 4 aromatic carbocycles. The summed E-state index contributed by atoms with van der Waals surface area (Å²) in [5.74, 6) is 1.81. The van der Waals surface area contributed by atoms with Gasteiger partial charge < -0.3 is 29.0 Å². The van der Waals surface area contributed by atoms with Gasteiger partial charge in [0, 0.05) is 28.8 Å². The number of rotatable bonds is 15. The Morgan fingerprint density at radius 2 is 1.33 bits per heavy atom. The van der Waals surface area contributed by atoms with Crippen LogP contribution in [-0.4, -0.2) is 104 Å². The van der Waals surface area contributed by atoms with Crippen molar-refractivity contribution in [2.45, 2.75) is 67.9 Å². The summed E-state index contributed by atoms with van der Waals surface area (Å²) < 4.78 is 85.8. The number of hydrogen-bond acceptors (Lipinski definition) is 12. The van der Waals surface area contributed by atoms with Crippen molar-refractivity contribution < 1.29 is 45.7 Å². The first kappa shape index (κ1) is 44.7. The van der Waals surface area contributed by atoms with Crippen LogP contribution in [0.25, 0.3) is 11.3 Å². The summed E-state index contributed by atoms with van der Waals surface area (Å²) in [6.45, 7) is 4.54. The summed E-state index contributed by atoms with van der Waals surface area (Å²) in [5, 5.41) is 20.1. The number of carbonyl (C=O) groups excluding carboxylic acids is 1. The molecule has 2 N–H and O–H groups in total. The van der Waals surface area contributed by atoms with E-state index in [1.807, 2.05) is 34.7 Å². The van der Waals surface area contributed by atoms with Crippen LogP contribution >= 0.6 is 22.6 Å². The normalized spacial score (nSPS) is 15.9. The Hall–Kier alpha value is -4.80. The lowest BCUT2D eigenvalue weighted by Crippen LogP contribution is -2.44. The van der Waals surface area contributed by atoms with Crippen molar-refractivity contribution in [3.8, 4) is 28.5 Å². The van der Waals surface area contributed by atoms with E-state index in [2.05, 4.69) is 14.9 Å². The number of nitrogens with one attached hydrogen (secondary N) is 1. The second kappa shape index (κ2) is 18.4. The van der Waals surface area contributed by atoms with Crippen LogP contribution in [0.5, 0.6) is 17.2 Å². The largest absolute Gasteiger partial charge is 0.497 e. The molecule has 1 saturated heterocycles. The van der Waals surface area contributed by atoms with Crippen molar-refractivity contribution in [2.24, 2.45) is 0 Å². The molecule has 2 heterocycles. The van der Waals surface area contributed by atoms with Crippen LogP contribution in [0, 0.1) is 3.57 Å². The molecule has 320 valence electrons. The van der Waals surface area contributed by atoms with E-state index in [1.165, 1.54) is 46.6 Å². The predicted octanol–water partition coefficient (Wildman–Crippen LogP) is 5.27. The zero-order valence-corrected chi connectivity index (χ0v) is 37.7. The van der Waals surface area contributed by atoms with Gasteiger partial charge in [0.05, 0.1) is 52.8 Å². The zero-order chi connectivity index (χ0) is 43.4. The average molecular weight is 975 g/mol. The van der Waals surface area contributed by atoms with E-state index in [-0.39, 0.29) is 44.0 Å². The summed E-state index contributed by atoms with van der Waals surface area (Å²) in [4.78, 5) is 14.4. The Morgan fingerprint density at radius 1 is 0.817 bits per heavy atom. The molecule has 60 heavy (non-hydrogen) atoms. The Balaban J connectivity index is 1.48. The second-order valence-corrected chi connectivity index (χ2v) is 19.7. The standard InChI is InChI=1S/C41H47IN6O10S2/c1-41(2,3)58-40(50)46-25-35(36(49)26-46)45-59(51,52)37-20-19-33(42)38(34-21-43-48(44-34)24-29-11-17-32(57-6)18-12-29)39(37)60(53,54)47(22-27-7-13-30(55-4)14-8-27)23-28-9-15-31(56-5)16-10-28/h7-21,35-36,45,49H,22-26H2,1-6H3/t35-,36+/m0/s1. The first-order chi connectivity index (χ1) is 28.4. The first-order valence-electron chi connectivity index (χ1n) is 18.7. The molecule has 1 amide bonds. The van der Waals surface area contributed by atoms with Crippen LogP contribution in [0.1, 0.15) is 37.5 Å². The molecule has 19 heteroatoms. The maximum absolute atomic E-state index is 15.5. The van der Waals surface area contributed by atoms with Crippen molar-refractivity contribution >= 4 is 48.7 Å². The highest BCUT2D eigenvalue weighted by Crippen LogP contribution is 2.39. The quantitative estimate of drug-likeness (QED) is 0.129. The number of benzene rings is 4. The number of ether oxygens (including phenoxy) is 4. The van der Waals surface area contributed by atoms with E-state index < -0.39 is 53.7 Å². The Bertz CT molecular complexity index is 2460. The Kier molecular flexibility index (Phi) is 13.8. The number of sulfonamides is 2. The fourth-order valence-corrected chi connectivity index (χ4v) is 11.1. The molecule has 1 aliphatic rings. The molecular weight excluding hydrogens is 928 g/mol. The number of methoxy groups -OCH3 is 3. The predicted molar refractivity (Wildman–Crippen MR) is 231 cm³/mol. The van der Waals surface area contributed by atoms with Crippen LogP contribution in [0.15, 0.2) is 101 Å². The number of hydrogen-bond donors (Lipinski definition) is 2. The number of aromatic nitrogens is 3. The molecule has 5 aromatic rings. The molecule has 2 atom stereocenters. The number of nitrogens with zero attached hydrogens (tertiary/aromatic N) is 5. The van der Waals surface area contributed by atoms with Crippen molar-refractivity contribution in [2.75, 3.05) is 34.4 Å². The van der Waals surface area contributed by atoms with Crippen LogP contribution < -0.4 is 18.9 Å². The van der Waals surface area contributed by atoms with Gasteiger partial charge in [-0.05, 0) is 109 Å². The Labute approximate surface area is 363 Å². The molecule has 0 aliphatic carbocycles. The third-order valence-corrected chi connectivity index (χ3v) is 14.0. The van der Waals surface area contributed by atoms with Crippen LogP contribution in [0.2, 0.25) is 0 Å². The van der Waals surface area contributed by atoms with E-state index in [1.54, 1.807) is 88.5 Å². The van der Waals surface area contributed by atoms with Gasteiger partial charge in [0.25, 0.3) is 0 Å². The van der Waals surface area contributed by atoms with E-state index >= 15 is 8.42 Å². The molecule has 16 nitrogen and oxygen atoms in total. The smallest absolute Gasteiger partial charge is 0.410 e. The van der Waals surface area contributed by atoms with E-state index in [4.69, 9.17) is 18.9 Å². The number of β-amino-alcohol motifs (C(OH)–C–C–N with tert-alkyl or cyclic N) is 1. The zero-order valence-electron chi connectivity index (χ0n) is 33.9. The van der Waals surface area contributed by atoms with E-state index in [9.17, 15) is 18.3 Å². The lowest BCUT2D eigenvalue weighted by Gasteiger charge is -2.26. The number of aliphatic hydroxyl groups is 1. The Morgan fingerprint density at radius 3 is 1.83 bits per heavy atom. The molecule has 0 radical (unpaired) electrons. The number of amides is 1. The summed E-state index contributed by atoms with van der Waals surface area (Å²) in [5.41, 5.74) is 1.32. The molecule has 0 bridgehead atoms. The van der Waals surface area contributed by atoms with Gasteiger partial charge >= 0.3 is 6.09 Å². The fourth-order valence-electron chi connectivity index (χ4n) is 6.49. The minimum atomic E-state index is -4.78. The third-order valence-electron chi connectivity index (χ3n) is 9.52. The van der Waals surface area contributed by atoms with Gasteiger partial charge in [0.1, 0.15) is 38.3 Å². The molecule has 1 fully saturated rings. The number of carbonyl (C=O) groups is 1. The summed E-state index contributed by atoms with van der Waals surface area (Å²) in [6, 6.07) is 22.5. The highest BCUT2D eigenvalue weighted by atomic mass is 127. The van der Waals surface area contributed by atoms with Crippen molar-refractivity contribution in [3.63, 3.8) is 0 Å². The topological polar surface area (TPSA) is 192 Å². The van der Waals surface area contributed by atoms with Gasteiger partial charge in [-0.1, -0.05) is 36.4 Å². The molecule has 6 rings (SSSR count). The number of halogens is 1. The van der Waals surface area contributed by atoms with Gasteiger partial charge in [-0.2, -0.15) is 19.3 Å². The van der Waals surface area contributed by atoms with Gasteiger partial charge in [0.15, 0.2) is 0 Å². The lowest BCUT2D eigenvalue weighted by molar-refractivity contribution is 0.0270. The van der Waals surface area contributed by atoms with Crippen molar-refractivity contribution in [3.05, 3.63) is 111 Å². The molecule has 0 unspecified atom stereocenters. The summed E-state index contributed by atoms with van der Waals surface area (Å²) in [6.07, 6.45) is -0.663. The molecule has 1 aromatic heterocycles. The molecular formula is C41H47IN6O10S2. The average Bonchev–Trinajstić information content (AvgIpc) is 3.83. The van der Waals surface area contributed by atoms with Gasteiger partial charge in [-0.25, -0.2) is 26.4 Å². The fraction of sp³-hybridized carbons (Fsp3) is 0.341. The first-order valence-corrected chi connectivity index (χ1v) is 22.7. The minimum absolute atomic E-state index is 0.0104. The highest BCUT2D eigenvalue weighted by Gasteiger charge is 2.42. The maximum Gasteiger partial charge on any atom is 0.410 e. The SMILES string of the molecule is COc1ccc(CN(Cc2ccc(OC)cc2)S(=O)(=O)c2c(S(=O)(=O)N[C@H]3CN(C(=O)OC(C)(C)C)C[C@H]3O)ccc(I)c2-c2cnn(Cc3ccc(OC)cc3)n2)cc1. The van der Waals surface area contributed by atoms with Crippen molar-refractivity contribution in [1.82, 2.24) is 28.9 Å². The highest BCUT2D eigenvalue weighted by molar-refractivity contribution is 14.1. The van der Waals surface area contributed by atoms with E-state index in [0.717, 1.165) is 5.56 Å². The molecule has 1 aliphatic heterocycles. The van der Waals surface area contributed by atoms with Crippen LogP contribution in [-0.2, 0) is 44.4 Å². The number of likely N-dealkylation sites (tertiary alicyclic amines) is 1. The van der Waals surface area contributed by atoms with Crippen molar-refractivity contribution in [1.29, 1.82) is 0 Å². The molecule has 0 saturated carbocycles. The maximum atomic E-state index is 15.5. The summed E-state index contributed by atoms with van der Waals surface area (Å²) >= 11 is 1.96. The lowest BCUT2D eigenvalue weighted by atomic mass is 10.2. The summed E-state index contributed by atoms with van der Waals surface area (Å²) in [7, 11) is -4.93. The second-order valence-electron chi connectivity index (χ2n) is 15.0.